The average molecular weight is 438 g/mol. The number of ketones is 1. The summed E-state index contributed by atoms with van der Waals surface area (Å²) in [5, 5.41) is 17.3. The van der Waals surface area contributed by atoms with Crippen molar-refractivity contribution in [2.45, 2.75) is 32.9 Å². The van der Waals surface area contributed by atoms with Crippen LogP contribution in [0.15, 0.2) is 73.4 Å². The zero-order valence-electron chi connectivity index (χ0n) is 18.3. The molecule has 30 heavy (non-hydrogen) atoms. The molecule has 0 aliphatic carbocycles. The third-order valence-electron chi connectivity index (χ3n) is 3.71. The topological polar surface area (TPSA) is 92.5 Å². The molecule has 1 atom stereocenters. The molecule has 0 saturated carbocycles. The molecule has 0 heterocycles. The van der Waals surface area contributed by atoms with Crippen molar-refractivity contribution in [2.24, 2.45) is 0 Å². The minimum absolute atomic E-state index is 0. The minimum atomic E-state index is -0.269. The number of hydrogen-bond donors (Lipinski definition) is 3. The fourth-order valence-electron chi connectivity index (χ4n) is 2.27. The minimum Gasteiger partial charge on any atom is -0.636 e. The Bertz CT molecular complexity index is 670. The predicted molar refractivity (Wildman–Crippen MR) is 119 cm³/mol. The van der Waals surface area contributed by atoms with Crippen LogP contribution in [0.1, 0.15) is 25.0 Å². The SMILES string of the molecule is C=CNC[N-]C(Cc1ccccc1)C(C)=O.CCNCc1ccccc1.O=CO.[K+]. The Balaban J connectivity index is 0. The van der Waals surface area contributed by atoms with Gasteiger partial charge in [-0.2, -0.15) is 0 Å². The Hall–Kier alpha value is -1.32. The van der Waals surface area contributed by atoms with Crippen molar-refractivity contribution in [3.05, 3.63) is 89.9 Å². The van der Waals surface area contributed by atoms with Crippen molar-refractivity contribution in [3.63, 3.8) is 0 Å². The van der Waals surface area contributed by atoms with Crippen LogP contribution < -0.4 is 62.0 Å². The van der Waals surface area contributed by atoms with Crippen LogP contribution in [0.25, 0.3) is 5.32 Å². The Kier molecular flexibility index (Phi) is 23.0. The van der Waals surface area contributed by atoms with E-state index in [2.05, 4.69) is 53.7 Å². The van der Waals surface area contributed by atoms with Gasteiger partial charge in [0.1, 0.15) is 5.78 Å². The molecule has 0 aliphatic heterocycles. The summed E-state index contributed by atoms with van der Waals surface area (Å²) in [6, 6.07) is 20.1. The molecule has 2 rings (SSSR count). The molecule has 2 aromatic carbocycles. The van der Waals surface area contributed by atoms with Gasteiger partial charge in [0.25, 0.3) is 6.47 Å². The molecule has 2 aromatic rings. The molecule has 7 heteroatoms. The summed E-state index contributed by atoms with van der Waals surface area (Å²) >= 11 is 0. The van der Waals surface area contributed by atoms with Gasteiger partial charge in [0.15, 0.2) is 0 Å². The number of carboxylic acid groups (broad SMARTS) is 1. The van der Waals surface area contributed by atoms with Gasteiger partial charge in [-0.25, -0.2) is 0 Å². The van der Waals surface area contributed by atoms with Gasteiger partial charge in [0.2, 0.25) is 0 Å². The monoisotopic (exact) mass is 437 g/mol. The van der Waals surface area contributed by atoms with Crippen LogP contribution in [0, 0.1) is 0 Å². The Morgan fingerprint density at radius 3 is 2.03 bits per heavy atom. The van der Waals surface area contributed by atoms with Gasteiger partial charge in [0.05, 0.1) is 0 Å². The van der Waals surface area contributed by atoms with E-state index in [1.807, 2.05) is 36.4 Å². The van der Waals surface area contributed by atoms with Gasteiger partial charge in [-0.3, -0.25) is 4.79 Å². The second-order valence-electron chi connectivity index (χ2n) is 5.94. The van der Waals surface area contributed by atoms with Gasteiger partial charge in [0, 0.05) is 6.54 Å². The van der Waals surface area contributed by atoms with Crippen LogP contribution in [-0.4, -0.2) is 36.6 Å². The smallest absolute Gasteiger partial charge is 0.636 e. The van der Waals surface area contributed by atoms with E-state index in [1.165, 1.54) is 5.56 Å². The van der Waals surface area contributed by atoms with Crippen molar-refractivity contribution < 1.29 is 66.1 Å². The number of benzene rings is 2. The van der Waals surface area contributed by atoms with Crippen molar-refractivity contribution in [1.82, 2.24) is 10.6 Å². The molecule has 3 N–H and O–H groups in total. The number of nitrogens with one attached hydrogen (secondary N) is 2. The van der Waals surface area contributed by atoms with Crippen LogP contribution in [0.4, 0.5) is 0 Å². The first-order valence-corrected chi connectivity index (χ1v) is 9.46. The van der Waals surface area contributed by atoms with E-state index in [0.717, 1.165) is 18.7 Å². The van der Waals surface area contributed by atoms with Crippen molar-refractivity contribution in [3.8, 4) is 0 Å². The zero-order valence-corrected chi connectivity index (χ0v) is 21.4. The maximum Gasteiger partial charge on any atom is 1.00 e. The summed E-state index contributed by atoms with van der Waals surface area (Å²) in [7, 11) is 0. The fraction of sp³-hybridized carbons (Fsp3) is 0.304. The van der Waals surface area contributed by atoms with Crippen molar-refractivity contribution >= 4 is 12.3 Å². The van der Waals surface area contributed by atoms with Crippen LogP contribution in [-0.2, 0) is 22.6 Å². The first kappa shape index (κ1) is 30.9. The first-order valence-electron chi connectivity index (χ1n) is 9.46. The third kappa shape index (κ3) is 17.5. The maximum absolute atomic E-state index is 11.4. The second kappa shape index (κ2) is 22.4. The van der Waals surface area contributed by atoms with E-state index in [1.54, 1.807) is 13.1 Å². The number of carbonyl (C=O) groups is 2. The van der Waals surface area contributed by atoms with Crippen LogP contribution in [0.2, 0.25) is 0 Å². The number of nitrogens with zero attached hydrogens (tertiary/aromatic N) is 1. The summed E-state index contributed by atoms with van der Waals surface area (Å²) in [5.74, 6) is 0.0923. The summed E-state index contributed by atoms with van der Waals surface area (Å²) in [6.45, 7) is 9.42. The molecule has 1 unspecified atom stereocenters. The quantitative estimate of drug-likeness (QED) is 0.290. The molecule has 0 amide bonds. The van der Waals surface area contributed by atoms with Crippen molar-refractivity contribution in [2.75, 3.05) is 13.2 Å². The Morgan fingerprint density at radius 2 is 1.60 bits per heavy atom. The first-order chi connectivity index (χ1) is 14.1. The van der Waals surface area contributed by atoms with Gasteiger partial charge in [-0.15, -0.1) is 0 Å². The van der Waals surface area contributed by atoms with E-state index in [9.17, 15) is 4.79 Å². The van der Waals surface area contributed by atoms with Crippen molar-refractivity contribution in [1.29, 1.82) is 0 Å². The molecular formula is C23H32KN3O3. The molecular weight excluding hydrogens is 405 g/mol. The zero-order chi connectivity index (χ0) is 21.7. The molecule has 0 radical (unpaired) electrons. The summed E-state index contributed by atoms with van der Waals surface area (Å²) in [6.07, 6.45) is 2.23. The van der Waals surface area contributed by atoms with E-state index in [-0.39, 0.29) is 69.7 Å². The summed E-state index contributed by atoms with van der Waals surface area (Å²) in [4.78, 5) is 19.8. The number of carbonyl (C=O) groups excluding carboxylic acids is 1. The summed E-state index contributed by atoms with van der Waals surface area (Å²) in [5.41, 5.74) is 2.48. The van der Waals surface area contributed by atoms with E-state index in [4.69, 9.17) is 9.90 Å². The van der Waals surface area contributed by atoms with Gasteiger partial charge in [-0.1, -0.05) is 86.9 Å². The molecule has 0 aliphatic rings. The van der Waals surface area contributed by atoms with Gasteiger partial charge < -0.3 is 25.9 Å². The maximum atomic E-state index is 11.4. The van der Waals surface area contributed by atoms with E-state index < -0.39 is 0 Å². The number of hydrogen-bond acceptors (Lipinski definition) is 4. The largest absolute Gasteiger partial charge is 1.00 e. The third-order valence-corrected chi connectivity index (χ3v) is 3.71. The normalized spacial score (nSPS) is 9.93. The van der Waals surface area contributed by atoms with Gasteiger partial charge in [-0.05, 0) is 37.2 Å². The Morgan fingerprint density at radius 1 is 1.10 bits per heavy atom. The number of rotatable bonds is 10. The Labute approximate surface area is 223 Å². The second-order valence-corrected chi connectivity index (χ2v) is 5.94. The molecule has 0 aromatic heterocycles. The molecule has 0 saturated heterocycles. The van der Waals surface area contributed by atoms with E-state index >= 15 is 0 Å². The molecule has 6 nitrogen and oxygen atoms in total. The molecule has 0 spiro atoms. The van der Waals surface area contributed by atoms with Crippen LogP contribution in [0.3, 0.4) is 0 Å². The van der Waals surface area contributed by atoms with Gasteiger partial charge >= 0.3 is 51.4 Å². The summed E-state index contributed by atoms with van der Waals surface area (Å²) < 4.78 is 0. The standard InChI is InChI=1S/C13H17N2O.C9H13N.CH2O2.K/c1-3-14-10-15-13(11(2)16)9-12-7-5-4-6-8-12;1-2-10-8-9-6-4-3-5-7-9;2-1-3;/h3-8,13-14H,1,9-10H2,2H3;3-7,10H,2,8H2,1H3;1H,(H,2,3);/q-1;;;+1. The predicted octanol–water partition coefficient (Wildman–Crippen LogP) is 0.752. The number of Topliss-reactive ketones (excluding diaryl/α,β-unsaturated/α-hetero) is 1. The van der Waals surface area contributed by atoms with Crippen LogP contribution >= 0.6 is 0 Å². The molecule has 158 valence electrons. The van der Waals surface area contributed by atoms with E-state index in [0.29, 0.717) is 13.1 Å². The fourth-order valence-corrected chi connectivity index (χ4v) is 2.27. The van der Waals surface area contributed by atoms with Crippen LogP contribution in [0.5, 0.6) is 0 Å². The average Bonchev–Trinajstić information content (AvgIpc) is 2.74. The molecule has 0 fully saturated rings. The molecule has 0 bridgehead atoms.